The van der Waals surface area contributed by atoms with Crippen molar-refractivity contribution in [3.63, 3.8) is 0 Å². The topological polar surface area (TPSA) is 113 Å². The third-order valence-electron chi connectivity index (χ3n) is 5.22. The number of rotatable bonds is 5. The van der Waals surface area contributed by atoms with Gasteiger partial charge in [0.2, 0.25) is 21.8 Å². The molecule has 168 valence electrons. The number of hydrogen-bond acceptors (Lipinski definition) is 6. The van der Waals surface area contributed by atoms with Crippen molar-refractivity contribution in [1.29, 1.82) is 0 Å². The van der Waals surface area contributed by atoms with E-state index in [9.17, 15) is 27.2 Å². The standard InChI is InChI=1S/C21H20FN3O6S/c22-17-6-3-15(13-18(17)32(29,30)24-9-11-31-12-10-24)23-21(28)14-1-4-16(5-2-14)25-19(26)7-8-20(25)27/h1-6,13H,7-12H2,(H,23,28). The Bertz CT molecular complexity index is 1160. The lowest BCUT2D eigenvalue weighted by molar-refractivity contribution is -0.121. The molecule has 0 spiro atoms. The van der Waals surface area contributed by atoms with Gasteiger partial charge in [-0.3, -0.25) is 19.3 Å². The molecule has 2 aromatic carbocycles. The lowest BCUT2D eigenvalue weighted by Gasteiger charge is -2.26. The minimum absolute atomic E-state index is 0.109. The summed E-state index contributed by atoms with van der Waals surface area (Å²) in [5.74, 6) is -2.07. The average Bonchev–Trinajstić information content (AvgIpc) is 3.13. The molecule has 2 aromatic rings. The number of nitrogens with zero attached hydrogens (tertiary/aromatic N) is 2. The van der Waals surface area contributed by atoms with Crippen LogP contribution >= 0.6 is 0 Å². The molecule has 1 N–H and O–H groups in total. The van der Waals surface area contributed by atoms with Gasteiger partial charge in [-0.25, -0.2) is 12.8 Å². The maximum atomic E-state index is 14.3. The zero-order chi connectivity index (χ0) is 22.9. The minimum atomic E-state index is -4.08. The van der Waals surface area contributed by atoms with Gasteiger partial charge in [0, 0.05) is 37.2 Å². The molecule has 0 aromatic heterocycles. The van der Waals surface area contributed by atoms with Gasteiger partial charge < -0.3 is 10.1 Å². The average molecular weight is 461 g/mol. The predicted molar refractivity (Wildman–Crippen MR) is 112 cm³/mol. The molecule has 2 aliphatic rings. The SMILES string of the molecule is O=C(Nc1ccc(F)c(S(=O)(=O)N2CCOCC2)c1)c1ccc(N2C(=O)CCC2=O)cc1. The Labute approximate surface area is 183 Å². The quantitative estimate of drug-likeness (QED) is 0.679. The molecule has 0 atom stereocenters. The lowest BCUT2D eigenvalue weighted by atomic mass is 10.1. The molecule has 0 radical (unpaired) electrons. The highest BCUT2D eigenvalue weighted by molar-refractivity contribution is 7.89. The number of imide groups is 1. The summed E-state index contributed by atoms with van der Waals surface area (Å²) in [6, 6.07) is 9.17. The number of anilines is 2. The molecule has 3 amide bonds. The van der Waals surface area contributed by atoms with E-state index in [-0.39, 0.29) is 62.2 Å². The summed E-state index contributed by atoms with van der Waals surface area (Å²) in [5.41, 5.74) is 0.696. The summed E-state index contributed by atoms with van der Waals surface area (Å²) >= 11 is 0. The summed E-state index contributed by atoms with van der Waals surface area (Å²) in [6.45, 7) is 0.684. The molecule has 0 unspecified atom stereocenters. The maximum absolute atomic E-state index is 14.3. The highest BCUT2D eigenvalue weighted by Gasteiger charge is 2.31. The van der Waals surface area contributed by atoms with Crippen molar-refractivity contribution in [3.05, 3.63) is 53.8 Å². The van der Waals surface area contributed by atoms with E-state index in [1.165, 1.54) is 30.3 Å². The molecule has 11 heteroatoms. The maximum Gasteiger partial charge on any atom is 0.255 e. The number of morpholine rings is 1. The number of benzene rings is 2. The first-order valence-corrected chi connectivity index (χ1v) is 11.4. The van der Waals surface area contributed by atoms with Gasteiger partial charge in [0.15, 0.2) is 0 Å². The fourth-order valence-electron chi connectivity index (χ4n) is 3.53. The summed E-state index contributed by atoms with van der Waals surface area (Å²) in [7, 11) is -4.08. The van der Waals surface area contributed by atoms with Crippen molar-refractivity contribution >= 4 is 39.1 Å². The number of hydrogen-bond donors (Lipinski definition) is 1. The number of ether oxygens (including phenoxy) is 1. The van der Waals surface area contributed by atoms with Crippen molar-refractivity contribution in [2.24, 2.45) is 0 Å². The Hall–Kier alpha value is -3.15. The van der Waals surface area contributed by atoms with Crippen molar-refractivity contribution in [2.45, 2.75) is 17.7 Å². The second-order valence-corrected chi connectivity index (χ2v) is 9.19. The van der Waals surface area contributed by atoms with E-state index in [2.05, 4.69) is 5.32 Å². The van der Waals surface area contributed by atoms with Gasteiger partial charge in [-0.15, -0.1) is 0 Å². The molecule has 2 heterocycles. The molecule has 2 fully saturated rings. The van der Waals surface area contributed by atoms with Crippen LogP contribution in [0.1, 0.15) is 23.2 Å². The van der Waals surface area contributed by atoms with Crippen LogP contribution in [-0.2, 0) is 24.3 Å². The zero-order valence-electron chi connectivity index (χ0n) is 16.9. The number of carbonyl (C=O) groups is 3. The van der Waals surface area contributed by atoms with Gasteiger partial charge in [0.05, 0.1) is 18.9 Å². The van der Waals surface area contributed by atoms with Crippen LogP contribution in [0.3, 0.4) is 0 Å². The summed E-state index contributed by atoms with van der Waals surface area (Å²) in [4.78, 5) is 36.8. The number of nitrogens with one attached hydrogen (secondary N) is 1. The molecule has 4 rings (SSSR count). The van der Waals surface area contributed by atoms with Crippen molar-refractivity contribution in [2.75, 3.05) is 36.5 Å². The third kappa shape index (κ3) is 4.27. The predicted octanol–water partition coefficient (Wildman–Crippen LogP) is 1.75. The summed E-state index contributed by atoms with van der Waals surface area (Å²) in [6.07, 6.45) is 0.308. The van der Waals surface area contributed by atoms with Crippen LogP contribution in [0.4, 0.5) is 15.8 Å². The smallest absolute Gasteiger partial charge is 0.255 e. The molecule has 0 saturated carbocycles. The van der Waals surface area contributed by atoms with Crippen LogP contribution in [0, 0.1) is 5.82 Å². The Morgan fingerprint density at radius 3 is 2.22 bits per heavy atom. The largest absolute Gasteiger partial charge is 0.379 e. The van der Waals surface area contributed by atoms with Crippen LogP contribution in [0.5, 0.6) is 0 Å². The molecule has 9 nitrogen and oxygen atoms in total. The minimum Gasteiger partial charge on any atom is -0.379 e. The Morgan fingerprint density at radius 1 is 0.969 bits per heavy atom. The van der Waals surface area contributed by atoms with E-state index in [1.54, 1.807) is 0 Å². The van der Waals surface area contributed by atoms with Crippen LogP contribution < -0.4 is 10.2 Å². The third-order valence-corrected chi connectivity index (χ3v) is 7.13. The number of sulfonamides is 1. The number of amides is 3. The van der Waals surface area contributed by atoms with Gasteiger partial charge in [-0.1, -0.05) is 0 Å². The van der Waals surface area contributed by atoms with Gasteiger partial charge in [0.25, 0.3) is 5.91 Å². The fourth-order valence-corrected chi connectivity index (χ4v) is 5.03. The fraction of sp³-hybridized carbons (Fsp3) is 0.286. The molecule has 2 saturated heterocycles. The molecule has 32 heavy (non-hydrogen) atoms. The summed E-state index contributed by atoms with van der Waals surface area (Å²) < 4.78 is 46.2. The Kier molecular flexibility index (Phi) is 6.04. The van der Waals surface area contributed by atoms with Gasteiger partial charge in [0.1, 0.15) is 10.7 Å². The van der Waals surface area contributed by atoms with Crippen LogP contribution in [0.2, 0.25) is 0 Å². The number of carbonyl (C=O) groups excluding carboxylic acids is 3. The van der Waals surface area contributed by atoms with Crippen LogP contribution in [0.15, 0.2) is 47.4 Å². The van der Waals surface area contributed by atoms with Gasteiger partial charge in [-0.05, 0) is 42.5 Å². The first-order chi connectivity index (χ1) is 15.3. The summed E-state index contributed by atoms with van der Waals surface area (Å²) in [5, 5.41) is 2.55. The van der Waals surface area contributed by atoms with Crippen LogP contribution in [0.25, 0.3) is 0 Å². The highest BCUT2D eigenvalue weighted by atomic mass is 32.2. The number of halogens is 1. The first kappa shape index (κ1) is 22.1. The normalized spacial score (nSPS) is 17.6. The zero-order valence-corrected chi connectivity index (χ0v) is 17.7. The molecule has 0 aliphatic carbocycles. The van der Waals surface area contributed by atoms with Gasteiger partial charge in [-0.2, -0.15) is 4.31 Å². The van der Waals surface area contributed by atoms with Crippen LogP contribution in [-0.4, -0.2) is 56.7 Å². The Morgan fingerprint density at radius 2 is 1.59 bits per heavy atom. The van der Waals surface area contributed by atoms with E-state index in [4.69, 9.17) is 4.74 Å². The second-order valence-electron chi connectivity index (χ2n) is 7.29. The first-order valence-electron chi connectivity index (χ1n) is 9.92. The highest BCUT2D eigenvalue weighted by Crippen LogP contribution is 2.25. The molecule has 0 bridgehead atoms. The van der Waals surface area contributed by atoms with Crippen molar-refractivity contribution < 1.29 is 31.9 Å². The molecule has 2 aliphatic heterocycles. The van der Waals surface area contributed by atoms with E-state index in [0.29, 0.717) is 5.69 Å². The van der Waals surface area contributed by atoms with Crippen molar-refractivity contribution in [1.82, 2.24) is 4.31 Å². The second kappa shape index (κ2) is 8.77. The van der Waals surface area contributed by atoms with E-state index < -0.39 is 26.6 Å². The van der Waals surface area contributed by atoms with E-state index >= 15 is 0 Å². The molecular formula is C21H20FN3O6S. The lowest BCUT2D eigenvalue weighted by Crippen LogP contribution is -2.40. The van der Waals surface area contributed by atoms with Gasteiger partial charge >= 0.3 is 0 Å². The monoisotopic (exact) mass is 461 g/mol. The molecular weight excluding hydrogens is 441 g/mol. The van der Waals surface area contributed by atoms with E-state index in [0.717, 1.165) is 21.3 Å². The Balaban J connectivity index is 1.52. The van der Waals surface area contributed by atoms with E-state index in [1.807, 2.05) is 0 Å². The van der Waals surface area contributed by atoms with Crippen molar-refractivity contribution in [3.8, 4) is 0 Å².